The highest BCUT2D eigenvalue weighted by molar-refractivity contribution is 5.84. The van der Waals surface area contributed by atoms with Gasteiger partial charge in [-0.2, -0.15) is 0 Å². The fourth-order valence-corrected chi connectivity index (χ4v) is 3.01. The van der Waals surface area contributed by atoms with E-state index in [0.717, 1.165) is 34.4 Å². The van der Waals surface area contributed by atoms with Crippen LogP contribution in [0.1, 0.15) is 18.9 Å². The molecular weight excluding hydrogens is 326 g/mol. The van der Waals surface area contributed by atoms with Crippen LogP contribution in [0.4, 0.5) is 0 Å². The van der Waals surface area contributed by atoms with Crippen LogP contribution in [0, 0.1) is 6.92 Å². The van der Waals surface area contributed by atoms with Crippen LogP contribution in [-0.4, -0.2) is 35.2 Å². The second-order valence-electron chi connectivity index (χ2n) is 6.23. The van der Waals surface area contributed by atoms with E-state index < -0.39 is 0 Å². The lowest BCUT2D eigenvalue weighted by molar-refractivity contribution is -0.121. The number of para-hydroxylation sites is 2. The van der Waals surface area contributed by atoms with Crippen molar-refractivity contribution in [3.05, 3.63) is 54.1 Å². The first kappa shape index (κ1) is 18.1. The molecule has 0 saturated carbocycles. The Kier molecular flexibility index (Phi) is 6.02. The summed E-state index contributed by atoms with van der Waals surface area (Å²) in [6.07, 6.45) is 0.814. The zero-order chi connectivity index (χ0) is 18.4. The van der Waals surface area contributed by atoms with Gasteiger partial charge in [0.05, 0.1) is 11.0 Å². The number of amides is 1. The number of carbonyl (C=O) groups excluding carboxylic acids is 1. The van der Waals surface area contributed by atoms with Gasteiger partial charge in [-0.3, -0.25) is 4.79 Å². The van der Waals surface area contributed by atoms with Gasteiger partial charge < -0.3 is 14.6 Å². The number of rotatable bonds is 8. The van der Waals surface area contributed by atoms with Crippen LogP contribution < -0.4 is 5.32 Å². The van der Waals surface area contributed by atoms with E-state index in [1.165, 1.54) is 0 Å². The molecule has 0 saturated heterocycles. The number of aryl methyl sites for hydroxylation is 1. The maximum Gasteiger partial charge on any atom is 0.240 e. The smallest absolute Gasteiger partial charge is 0.240 e. The number of ether oxygens (including phenoxy) is 1. The number of imidazole rings is 1. The molecule has 0 aliphatic heterocycles. The van der Waals surface area contributed by atoms with Crippen LogP contribution in [0.5, 0.6) is 0 Å². The molecule has 0 fully saturated rings. The first-order chi connectivity index (χ1) is 12.7. The summed E-state index contributed by atoms with van der Waals surface area (Å²) < 4.78 is 7.30. The van der Waals surface area contributed by atoms with E-state index in [2.05, 4.69) is 18.3 Å². The maximum absolute atomic E-state index is 12.5. The van der Waals surface area contributed by atoms with Gasteiger partial charge in [-0.15, -0.1) is 0 Å². The molecule has 2 aromatic carbocycles. The number of benzene rings is 2. The van der Waals surface area contributed by atoms with Crippen molar-refractivity contribution in [1.29, 1.82) is 0 Å². The number of hydrogen-bond donors (Lipinski definition) is 1. The van der Waals surface area contributed by atoms with E-state index in [4.69, 9.17) is 9.72 Å². The summed E-state index contributed by atoms with van der Waals surface area (Å²) in [5.41, 5.74) is 4.05. The molecule has 1 heterocycles. The van der Waals surface area contributed by atoms with Crippen molar-refractivity contribution in [2.45, 2.75) is 26.8 Å². The topological polar surface area (TPSA) is 56.1 Å². The quantitative estimate of drug-likeness (QED) is 0.632. The van der Waals surface area contributed by atoms with Crippen molar-refractivity contribution in [3.63, 3.8) is 0 Å². The molecule has 1 aromatic heterocycles. The minimum absolute atomic E-state index is 0.0144. The Balaban J connectivity index is 1.84. The normalized spacial score (nSPS) is 11.0. The van der Waals surface area contributed by atoms with Crippen LogP contribution in [0.2, 0.25) is 0 Å². The highest BCUT2D eigenvalue weighted by atomic mass is 16.5. The van der Waals surface area contributed by atoms with Crippen molar-refractivity contribution in [3.8, 4) is 11.4 Å². The molecule has 1 amide bonds. The minimum atomic E-state index is -0.0144. The fourth-order valence-electron chi connectivity index (χ4n) is 3.01. The Hall–Kier alpha value is -2.66. The lowest BCUT2D eigenvalue weighted by Gasteiger charge is -2.11. The standard InChI is InChI=1S/C21H25N3O2/c1-3-26-14-8-13-22-20(25)15-24-19-12-7-6-11-18(19)23-21(24)17-10-5-4-9-16(17)2/h4-7,9-12H,3,8,13-15H2,1-2H3,(H,22,25). The van der Waals surface area contributed by atoms with E-state index in [-0.39, 0.29) is 12.5 Å². The van der Waals surface area contributed by atoms with Gasteiger partial charge in [0.2, 0.25) is 5.91 Å². The zero-order valence-corrected chi connectivity index (χ0v) is 15.4. The zero-order valence-electron chi connectivity index (χ0n) is 15.4. The Labute approximate surface area is 154 Å². The predicted molar refractivity (Wildman–Crippen MR) is 104 cm³/mol. The highest BCUT2D eigenvalue weighted by Gasteiger charge is 2.16. The lowest BCUT2D eigenvalue weighted by atomic mass is 10.1. The molecule has 26 heavy (non-hydrogen) atoms. The van der Waals surface area contributed by atoms with Gasteiger partial charge in [-0.25, -0.2) is 4.98 Å². The third-order valence-corrected chi connectivity index (χ3v) is 4.33. The lowest BCUT2D eigenvalue weighted by Crippen LogP contribution is -2.29. The molecule has 0 bridgehead atoms. The Morgan fingerprint density at radius 1 is 1.15 bits per heavy atom. The van der Waals surface area contributed by atoms with Gasteiger partial charge in [0.1, 0.15) is 12.4 Å². The van der Waals surface area contributed by atoms with Crippen LogP contribution in [0.3, 0.4) is 0 Å². The van der Waals surface area contributed by atoms with Gasteiger partial charge in [0.25, 0.3) is 0 Å². The molecule has 0 atom stereocenters. The average Bonchev–Trinajstić information content (AvgIpc) is 3.00. The first-order valence-electron chi connectivity index (χ1n) is 9.06. The fraction of sp³-hybridized carbons (Fsp3) is 0.333. The second-order valence-corrected chi connectivity index (χ2v) is 6.23. The van der Waals surface area contributed by atoms with Gasteiger partial charge in [-0.1, -0.05) is 36.4 Å². The van der Waals surface area contributed by atoms with E-state index >= 15 is 0 Å². The first-order valence-corrected chi connectivity index (χ1v) is 9.06. The monoisotopic (exact) mass is 351 g/mol. The average molecular weight is 351 g/mol. The number of carbonyl (C=O) groups is 1. The number of nitrogens with one attached hydrogen (secondary N) is 1. The highest BCUT2D eigenvalue weighted by Crippen LogP contribution is 2.27. The molecule has 3 aromatic rings. The largest absolute Gasteiger partial charge is 0.382 e. The van der Waals surface area contributed by atoms with Crippen LogP contribution in [0.15, 0.2) is 48.5 Å². The van der Waals surface area contributed by atoms with E-state index in [1.54, 1.807) is 0 Å². The van der Waals surface area contributed by atoms with Crippen LogP contribution >= 0.6 is 0 Å². The Morgan fingerprint density at radius 3 is 2.73 bits per heavy atom. The van der Waals surface area contributed by atoms with Gasteiger partial charge in [0, 0.05) is 25.3 Å². The van der Waals surface area contributed by atoms with Crippen LogP contribution in [0.25, 0.3) is 22.4 Å². The summed E-state index contributed by atoms with van der Waals surface area (Å²) in [5, 5.41) is 2.97. The number of nitrogens with zero attached hydrogens (tertiary/aromatic N) is 2. The maximum atomic E-state index is 12.5. The van der Waals surface area contributed by atoms with Crippen molar-refractivity contribution >= 4 is 16.9 Å². The summed E-state index contributed by atoms with van der Waals surface area (Å²) in [6.45, 7) is 6.26. The molecule has 0 aliphatic carbocycles. The van der Waals surface area contributed by atoms with Crippen molar-refractivity contribution in [1.82, 2.24) is 14.9 Å². The van der Waals surface area contributed by atoms with Gasteiger partial charge >= 0.3 is 0 Å². The third kappa shape index (κ3) is 4.11. The number of fused-ring (bicyclic) bond motifs is 1. The summed E-state index contributed by atoms with van der Waals surface area (Å²) >= 11 is 0. The Bertz CT molecular complexity index is 886. The van der Waals surface area contributed by atoms with Gasteiger partial charge in [-0.05, 0) is 38.0 Å². The van der Waals surface area contributed by atoms with Gasteiger partial charge in [0.15, 0.2) is 0 Å². The molecule has 5 heteroatoms. The van der Waals surface area contributed by atoms with Crippen LogP contribution in [-0.2, 0) is 16.1 Å². The summed E-state index contributed by atoms with van der Waals surface area (Å²) in [5.74, 6) is 0.813. The predicted octanol–water partition coefficient (Wildman–Crippen LogP) is 3.55. The van der Waals surface area contributed by atoms with Crippen molar-refractivity contribution in [2.75, 3.05) is 19.8 Å². The molecule has 0 radical (unpaired) electrons. The molecule has 3 rings (SSSR count). The molecule has 136 valence electrons. The van der Waals surface area contributed by atoms with E-state index in [9.17, 15) is 4.79 Å². The number of aromatic nitrogens is 2. The third-order valence-electron chi connectivity index (χ3n) is 4.33. The van der Waals surface area contributed by atoms with E-state index in [0.29, 0.717) is 19.8 Å². The molecule has 1 N–H and O–H groups in total. The summed E-state index contributed by atoms with van der Waals surface area (Å²) in [7, 11) is 0. The molecule has 5 nitrogen and oxygen atoms in total. The van der Waals surface area contributed by atoms with Crippen molar-refractivity contribution in [2.24, 2.45) is 0 Å². The van der Waals surface area contributed by atoms with E-state index in [1.807, 2.05) is 54.0 Å². The SMILES string of the molecule is CCOCCCNC(=O)Cn1c(-c2ccccc2C)nc2ccccc21. The molecular formula is C21H25N3O2. The summed E-state index contributed by atoms with van der Waals surface area (Å²) in [4.78, 5) is 17.2. The minimum Gasteiger partial charge on any atom is -0.382 e. The Morgan fingerprint density at radius 2 is 1.92 bits per heavy atom. The second kappa shape index (κ2) is 8.63. The summed E-state index contributed by atoms with van der Waals surface area (Å²) in [6, 6.07) is 16.0. The molecule has 0 spiro atoms. The molecule has 0 unspecified atom stereocenters. The van der Waals surface area contributed by atoms with Crippen molar-refractivity contribution < 1.29 is 9.53 Å². The number of hydrogen-bond acceptors (Lipinski definition) is 3. The molecule has 0 aliphatic rings.